The van der Waals surface area contributed by atoms with Crippen LogP contribution in [0.15, 0.2) is 12.3 Å². The second-order valence-corrected chi connectivity index (χ2v) is 3.02. The van der Waals surface area contributed by atoms with Crippen molar-refractivity contribution in [2.75, 3.05) is 13.2 Å². The van der Waals surface area contributed by atoms with Crippen molar-refractivity contribution in [3.63, 3.8) is 0 Å². The molecule has 10 heavy (non-hydrogen) atoms. The zero-order chi connectivity index (χ0) is 7.82. The van der Waals surface area contributed by atoms with Gasteiger partial charge in [0.05, 0.1) is 19.3 Å². The maximum atomic E-state index is 5.23. The zero-order valence-corrected chi connectivity index (χ0v) is 7.59. The maximum absolute atomic E-state index is 5.23. The van der Waals surface area contributed by atoms with Crippen molar-refractivity contribution in [2.24, 2.45) is 0 Å². The fourth-order valence-electron chi connectivity index (χ4n) is 0.443. The molecule has 3 heteroatoms. The van der Waals surface area contributed by atoms with Crippen LogP contribution in [0.5, 0.6) is 0 Å². The Balaban J connectivity index is 2.83. The van der Waals surface area contributed by atoms with Gasteiger partial charge in [0, 0.05) is 0 Å². The van der Waals surface area contributed by atoms with E-state index in [2.05, 4.69) is 6.58 Å². The molecule has 0 aliphatic carbocycles. The van der Waals surface area contributed by atoms with E-state index in [0.717, 1.165) is 0 Å². The van der Waals surface area contributed by atoms with E-state index in [9.17, 15) is 0 Å². The van der Waals surface area contributed by atoms with Gasteiger partial charge in [0.15, 0.2) is 0 Å². The number of hydrogen-bond acceptors (Lipinski definition) is 2. The molecule has 0 saturated carbocycles. The summed E-state index contributed by atoms with van der Waals surface area (Å²) in [4.78, 5) is 0. The van der Waals surface area contributed by atoms with Crippen molar-refractivity contribution in [1.82, 2.24) is 0 Å². The molecule has 0 aromatic carbocycles. The standard InChI is InChI=1S/C7H14O2Si/c1-4-10-9-6-5-8-7(2)3/h4,7H,1,5-6H2,2-3H3. The van der Waals surface area contributed by atoms with Crippen LogP contribution in [0.1, 0.15) is 13.8 Å². The molecular formula is C7H14O2Si. The highest BCUT2D eigenvalue weighted by Gasteiger charge is 1.91. The smallest absolute Gasteiger partial charge is 0.260 e. The third-order valence-electron chi connectivity index (χ3n) is 0.803. The second-order valence-electron chi connectivity index (χ2n) is 2.09. The molecule has 0 N–H and O–H groups in total. The van der Waals surface area contributed by atoms with E-state index in [-0.39, 0.29) is 0 Å². The molecule has 0 aliphatic heterocycles. The van der Waals surface area contributed by atoms with E-state index >= 15 is 0 Å². The van der Waals surface area contributed by atoms with Gasteiger partial charge in [-0.25, -0.2) is 0 Å². The highest BCUT2D eigenvalue weighted by molar-refractivity contribution is 6.33. The fraction of sp³-hybridized carbons (Fsp3) is 0.714. The highest BCUT2D eigenvalue weighted by Crippen LogP contribution is 1.86. The van der Waals surface area contributed by atoms with Crippen LogP contribution in [0.3, 0.4) is 0 Å². The molecule has 0 spiro atoms. The van der Waals surface area contributed by atoms with Crippen LogP contribution in [0.4, 0.5) is 0 Å². The molecule has 0 fully saturated rings. The normalized spacial score (nSPS) is 10.3. The van der Waals surface area contributed by atoms with Gasteiger partial charge in [0.2, 0.25) is 0 Å². The lowest BCUT2D eigenvalue weighted by Crippen LogP contribution is -2.10. The second kappa shape index (κ2) is 6.99. The van der Waals surface area contributed by atoms with E-state index in [1.165, 1.54) is 0 Å². The topological polar surface area (TPSA) is 18.5 Å². The van der Waals surface area contributed by atoms with E-state index in [1.807, 2.05) is 13.8 Å². The molecule has 0 bridgehead atoms. The number of ether oxygens (including phenoxy) is 1. The molecule has 2 radical (unpaired) electrons. The first kappa shape index (κ1) is 9.88. The summed E-state index contributed by atoms with van der Waals surface area (Å²) in [5.41, 5.74) is 1.76. The Morgan fingerprint density at radius 3 is 2.70 bits per heavy atom. The average molecular weight is 158 g/mol. The van der Waals surface area contributed by atoms with Crippen molar-refractivity contribution in [3.8, 4) is 0 Å². The van der Waals surface area contributed by atoms with Gasteiger partial charge in [0.1, 0.15) is 0 Å². The number of hydrogen-bond donors (Lipinski definition) is 0. The molecule has 0 unspecified atom stereocenters. The fourth-order valence-corrected chi connectivity index (χ4v) is 0.762. The van der Waals surface area contributed by atoms with E-state index < -0.39 is 0 Å². The molecule has 0 atom stereocenters. The summed E-state index contributed by atoms with van der Waals surface area (Å²) >= 11 is 0. The quantitative estimate of drug-likeness (QED) is 0.427. The Hall–Kier alpha value is -0.123. The van der Waals surface area contributed by atoms with Gasteiger partial charge < -0.3 is 9.16 Å². The summed E-state index contributed by atoms with van der Waals surface area (Å²) in [7, 11) is 0.402. The molecular weight excluding hydrogens is 144 g/mol. The summed E-state index contributed by atoms with van der Waals surface area (Å²) in [5.74, 6) is 0. The third-order valence-corrected chi connectivity index (χ3v) is 1.34. The average Bonchev–Trinajstić information content (AvgIpc) is 1.87. The largest absolute Gasteiger partial charge is 0.410 e. The van der Waals surface area contributed by atoms with Crippen LogP contribution in [0, 0.1) is 0 Å². The molecule has 58 valence electrons. The summed E-state index contributed by atoms with van der Waals surface area (Å²) < 4.78 is 10.4. The van der Waals surface area contributed by atoms with Crippen LogP contribution < -0.4 is 0 Å². The van der Waals surface area contributed by atoms with Gasteiger partial charge in [0.25, 0.3) is 9.76 Å². The van der Waals surface area contributed by atoms with Crippen molar-refractivity contribution in [3.05, 3.63) is 12.3 Å². The lowest BCUT2D eigenvalue weighted by atomic mass is 10.5. The monoisotopic (exact) mass is 158 g/mol. The van der Waals surface area contributed by atoms with E-state index in [0.29, 0.717) is 29.1 Å². The Kier molecular flexibility index (Phi) is 6.90. The molecule has 0 heterocycles. The Morgan fingerprint density at radius 1 is 1.50 bits per heavy atom. The van der Waals surface area contributed by atoms with Crippen LogP contribution in [0.25, 0.3) is 0 Å². The first-order valence-electron chi connectivity index (χ1n) is 3.37. The lowest BCUT2D eigenvalue weighted by Gasteiger charge is -2.05. The van der Waals surface area contributed by atoms with Crippen molar-refractivity contribution in [2.45, 2.75) is 20.0 Å². The Morgan fingerprint density at radius 2 is 2.20 bits per heavy atom. The van der Waals surface area contributed by atoms with Gasteiger partial charge in [-0.1, -0.05) is 5.70 Å². The summed E-state index contributed by atoms with van der Waals surface area (Å²) in [6.45, 7) is 8.91. The Labute approximate surface area is 65.2 Å². The van der Waals surface area contributed by atoms with Crippen LogP contribution in [-0.2, 0) is 9.16 Å². The van der Waals surface area contributed by atoms with E-state index in [4.69, 9.17) is 9.16 Å². The number of rotatable bonds is 6. The minimum Gasteiger partial charge on any atom is -0.410 e. The Bertz CT molecular complexity index is 83.7. The van der Waals surface area contributed by atoms with Gasteiger partial charge in [-0.15, -0.1) is 6.58 Å². The predicted octanol–water partition coefficient (Wildman–Crippen LogP) is 1.19. The van der Waals surface area contributed by atoms with Gasteiger partial charge >= 0.3 is 0 Å². The summed E-state index contributed by atoms with van der Waals surface area (Å²) in [6.07, 6.45) is 0.302. The first-order valence-corrected chi connectivity index (χ1v) is 4.35. The molecule has 0 saturated heterocycles. The molecule has 0 aromatic heterocycles. The minimum absolute atomic E-state index is 0.302. The third kappa shape index (κ3) is 7.88. The van der Waals surface area contributed by atoms with Crippen LogP contribution in [-0.4, -0.2) is 29.1 Å². The van der Waals surface area contributed by atoms with Crippen molar-refractivity contribution >= 4 is 9.76 Å². The van der Waals surface area contributed by atoms with Crippen LogP contribution >= 0.6 is 0 Å². The van der Waals surface area contributed by atoms with Crippen LogP contribution in [0.2, 0.25) is 0 Å². The molecule has 2 nitrogen and oxygen atoms in total. The SMILES string of the molecule is C=C[Si]OCCOC(C)C. The van der Waals surface area contributed by atoms with Gasteiger partial charge in [-0.3, -0.25) is 0 Å². The van der Waals surface area contributed by atoms with Gasteiger partial charge in [-0.05, 0) is 13.8 Å². The molecule has 0 aliphatic rings. The highest BCUT2D eigenvalue weighted by atomic mass is 28.2. The van der Waals surface area contributed by atoms with Crippen molar-refractivity contribution < 1.29 is 9.16 Å². The maximum Gasteiger partial charge on any atom is 0.260 e. The lowest BCUT2D eigenvalue weighted by molar-refractivity contribution is 0.0564. The minimum atomic E-state index is 0.302. The predicted molar refractivity (Wildman–Crippen MR) is 43.0 cm³/mol. The van der Waals surface area contributed by atoms with E-state index in [1.54, 1.807) is 5.70 Å². The summed E-state index contributed by atoms with van der Waals surface area (Å²) in [6, 6.07) is 0. The zero-order valence-electron chi connectivity index (χ0n) is 6.59. The van der Waals surface area contributed by atoms with Crippen molar-refractivity contribution in [1.29, 1.82) is 0 Å². The molecule has 0 aromatic rings. The first-order chi connectivity index (χ1) is 4.77. The molecule has 0 rings (SSSR count). The molecule has 0 amide bonds. The summed E-state index contributed by atoms with van der Waals surface area (Å²) in [5, 5.41) is 0. The van der Waals surface area contributed by atoms with Gasteiger partial charge in [-0.2, -0.15) is 0 Å².